The number of rotatable bonds is 5. The number of halogens is 1. The summed E-state index contributed by atoms with van der Waals surface area (Å²) in [4.78, 5) is 4.28. The second-order valence-electron chi connectivity index (χ2n) is 5.11. The molecule has 0 aliphatic heterocycles. The molecule has 1 heterocycles. The second kappa shape index (κ2) is 5.48. The van der Waals surface area contributed by atoms with Gasteiger partial charge in [0.15, 0.2) is 0 Å². The lowest BCUT2D eigenvalue weighted by Gasteiger charge is -2.23. The van der Waals surface area contributed by atoms with Gasteiger partial charge >= 0.3 is 0 Å². The summed E-state index contributed by atoms with van der Waals surface area (Å²) in [5.74, 6) is 0.728. The molecule has 0 atom stereocenters. The summed E-state index contributed by atoms with van der Waals surface area (Å²) >= 11 is 0. The molecule has 19 heavy (non-hydrogen) atoms. The van der Waals surface area contributed by atoms with Crippen LogP contribution >= 0.6 is 0 Å². The lowest BCUT2D eigenvalue weighted by molar-refractivity contribution is 0.318. The Labute approximate surface area is 112 Å². The van der Waals surface area contributed by atoms with Crippen LogP contribution in [-0.2, 0) is 6.54 Å². The molecule has 4 nitrogen and oxygen atoms in total. The Balaban J connectivity index is 2.05. The van der Waals surface area contributed by atoms with Crippen molar-refractivity contribution < 1.29 is 8.91 Å². The van der Waals surface area contributed by atoms with E-state index >= 15 is 0 Å². The first-order chi connectivity index (χ1) is 9.00. The number of hydrogen-bond acceptors (Lipinski definition) is 4. The minimum atomic E-state index is -0.279. The first-order valence-corrected chi connectivity index (χ1v) is 6.34. The van der Waals surface area contributed by atoms with E-state index < -0.39 is 0 Å². The number of nitrogens with one attached hydrogen (secondary N) is 1. The van der Waals surface area contributed by atoms with Crippen molar-refractivity contribution in [2.24, 2.45) is 0 Å². The number of nitrogens with zero attached hydrogens (tertiary/aromatic N) is 2. The summed E-state index contributed by atoms with van der Waals surface area (Å²) in [6.07, 6.45) is 1.01. The van der Waals surface area contributed by atoms with E-state index in [1.807, 2.05) is 0 Å². The van der Waals surface area contributed by atoms with Crippen LogP contribution in [0.1, 0.15) is 33.1 Å². The van der Waals surface area contributed by atoms with Gasteiger partial charge in [-0.2, -0.15) is 4.98 Å². The van der Waals surface area contributed by atoms with E-state index in [0.717, 1.165) is 12.0 Å². The Bertz CT molecular complexity index is 534. The zero-order chi connectivity index (χ0) is 13.9. The monoisotopic (exact) mass is 263 g/mol. The minimum Gasteiger partial charge on any atom is -0.338 e. The third kappa shape index (κ3) is 3.61. The van der Waals surface area contributed by atoms with Crippen LogP contribution in [0.2, 0.25) is 0 Å². The Kier molecular flexibility index (Phi) is 3.95. The maximum absolute atomic E-state index is 12.8. The van der Waals surface area contributed by atoms with Gasteiger partial charge in [0, 0.05) is 11.1 Å². The van der Waals surface area contributed by atoms with Gasteiger partial charge in [0.05, 0.1) is 6.54 Å². The Morgan fingerprint density at radius 3 is 2.58 bits per heavy atom. The summed E-state index contributed by atoms with van der Waals surface area (Å²) in [5.41, 5.74) is 0.774. The number of aromatic nitrogens is 2. The van der Waals surface area contributed by atoms with Crippen LogP contribution in [0, 0.1) is 5.82 Å². The molecular formula is C14H18FN3O. The summed E-state index contributed by atoms with van der Waals surface area (Å²) in [6, 6.07) is 6.02. The Morgan fingerprint density at radius 2 is 1.95 bits per heavy atom. The van der Waals surface area contributed by atoms with E-state index in [1.165, 1.54) is 12.1 Å². The summed E-state index contributed by atoms with van der Waals surface area (Å²) in [5, 5.41) is 7.24. The first kappa shape index (κ1) is 13.7. The van der Waals surface area contributed by atoms with Crippen LogP contribution in [0.25, 0.3) is 11.4 Å². The predicted molar refractivity (Wildman–Crippen MR) is 70.9 cm³/mol. The molecule has 0 aliphatic rings. The van der Waals surface area contributed by atoms with Crippen molar-refractivity contribution in [3.63, 3.8) is 0 Å². The molecule has 0 spiro atoms. The Morgan fingerprint density at radius 1 is 1.26 bits per heavy atom. The third-order valence-corrected chi connectivity index (χ3v) is 3.17. The van der Waals surface area contributed by atoms with Gasteiger partial charge in [-0.15, -0.1) is 0 Å². The molecule has 1 aromatic carbocycles. The predicted octanol–water partition coefficient (Wildman–Crippen LogP) is 3.15. The van der Waals surface area contributed by atoms with Gasteiger partial charge in [-0.3, -0.25) is 0 Å². The average Bonchev–Trinajstić information content (AvgIpc) is 2.86. The number of hydrogen-bond donors (Lipinski definition) is 1. The van der Waals surface area contributed by atoms with Gasteiger partial charge in [0.25, 0.3) is 0 Å². The molecule has 1 N–H and O–H groups in total. The van der Waals surface area contributed by atoms with Crippen LogP contribution in [0.3, 0.4) is 0 Å². The van der Waals surface area contributed by atoms with Gasteiger partial charge in [-0.1, -0.05) is 12.1 Å². The molecule has 2 aromatic rings. The number of benzene rings is 1. The second-order valence-corrected chi connectivity index (χ2v) is 5.11. The molecule has 0 fully saturated rings. The first-order valence-electron chi connectivity index (χ1n) is 6.34. The molecule has 0 bridgehead atoms. The van der Waals surface area contributed by atoms with E-state index in [1.54, 1.807) is 12.1 Å². The van der Waals surface area contributed by atoms with Crippen molar-refractivity contribution in [1.82, 2.24) is 15.5 Å². The highest BCUT2D eigenvalue weighted by atomic mass is 19.1. The SMILES string of the molecule is CCC(C)(C)NCc1nc(-c2ccc(F)cc2)no1. The summed E-state index contributed by atoms with van der Waals surface area (Å²) < 4.78 is 18.0. The molecule has 0 aliphatic carbocycles. The highest BCUT2D eigenvalue weighted by Crippen LogP contribution is 2.16. The van der Waals surface area contributed by atoms with Crippen LogP contribution in [0.5, 0.6) is 0 Å². The zero-order valence-electron chi connectivity index (χ0n) is 11.4. The molecule has 2 rings (SSSR count). The fourth-order valence-corrected chi connectivity index (χ4v) is 1.48. The van der Waals surface area contributed by atoms with Crippen LogP contribution in [0.15, 0.2) is 28.8 Å². The van der Waals surface area contributed by atoms with Crippen molar-refractivity contribution in [3.8, 4) is 11.4 Å². The largest absolute Gasteiger partial charge is 0.338 e. The fraction of sp³-hybridized carbons (Fsp3) is 0.429. The average molecular weight is 263 g/mol. The molecule has 0 amide bonds. The van der Waals surface area contributed by atoms with E-state index in [-0.39, 0.29) is 11.4 Å². The van der Waals surface area contributed by atoms with Crippen molar-refractivity contribution in [3.05, 3.63) is 36.0 Å². The van der Waals surface area contributed by atoms with Crippen molar-refractivity contribution in [2.45, 2.75) is 39.3 Å². The molecule has 102 valence electrons. The van der Waals surface area contributed by atoms with E-state index in [9.17, 15) is 4.39 Å². The molecule has 5 heteroatoms. The molecule has 0 unspecified atom stereocenters. The topological polar surface area (TPSA) is 51.0 Å². The maximum Gasteiger partial charge on any atom is 0.240 e. The molecule has 0 saturated heterocycles. The van der Waals surface area contributed by atoms with E-state index in [2.05, 4.69) is 36.2 Å². The van der Waals surface area contributed by atoms with Gasteiger partial charge in [-0.05, 0) is 44.5 Å². The van der Waals surface area contributed by atoms with Crippen molar-refractivity contribution in [2.75, 3.05) is 0 Å². The highest BCUT2D eigenvalue weighted by molar-refractivity contribution is 5.53. The summed E-state index contributed by atoms with van der Waals surface area (Å²) in [6.45, 7) is 6.87. The molecule has 1 aromatic heterocycles. The van der Waals surface area contributed by atoms with Gasteiger partial charge in [0.2, 0.25) is 11.7 Å². The molecule has 0 saturated carbocycles. The lowest BCUT2D eigenvalue weighted by atomic mass is 10.0. The van der Waals surface area contributed by atoms with Crippen LogP contribution in [0.4, 0.5) is 4.39 Å². The molecule has 0 radical (unpaired) electrons. The maximum atomic E-state index is 12.8. The Hall–Kier alpha value is -1.75. The van der Waals surface area contributed by atoms with Gasteiger partial charge < -0.3 is 9.84 Å². The van der Waals surface area contributed by atoms with E-state index in [4.69, 9.17) is 4.52 Å². The lowest BCUT2D eigenvalue weighted by Crippen LogP contribution is -2.37. The van der Waals surface area contributed by atoms with E-state index in [0.29, 0.717) is 18.3 Å². The minimum absolute atomic E-state index is 0.0323. The highest BCUT2D eigenvalue weighted by Gasteiger charge is 2.16. The normalized spacial score (nSPS) is 11.8. The van der Waals surface area contributed by atoms with Crippen molar-refractivity contribution in [1.29, 1.82) is 0 Å². The quantitative estimate of drug-likeness (QED) is 0.900. The van der Waals surface area contributed by atoms with Crippen LogP contribution < -0.4 is 5.32 Å². The smallest absolute Gasteiger partial charge is 0.240 e. The van der Waals surface area contributed by atoms with Gasteiger partial charge in [0.1, 0.15) is 5.82 Å². The summed E-state index contributed by atoms with van der Waals surface area (Å²) in [7, 11) is 0. The third-order valence-electron chi connectivity index (χ3n) is 3.17. The van der Waals surface area contributed by atoms with Crippen molar-refractivity contribution >= 4 is 0 Å². The van der Waals surface area contributed by atoms with Gasteiger partial charge in [-0.25, -0.2) is 4.39 Å². The molecular weight excluding hydrogens is 245 g/mol. The van der Waals surface area contributed by atoms with Crippen LogP contribution in [-0.4, -0.2) is 15.7 Å². The zero-order valence-corrected chi connectivity index (χ0v) is 11.4. The fourth-order valence-electron chi connectivity index (χ4n) is 1.48. The standard InChI is InChI=1S/C14H18FN3O/c1-4-14(2,3)16-9-12-17-13(18-19-12)10-5-7-11(15)8-6-10/h5-8,16H,4,9H2,1-3H3.